The van der Waals surface area contributed by atoms with Crippen molar-refractivity contribution in [2.24, 2.45) is 0 Å². The molecule has 1 fully saturated rings. The molecule has 1 aromatic heterocycles. The molecule has 1 aromatic rings. The van der Waals surface area contributed by atoms with Gasteiger partial charge in [0.15, 0.2) is 0 Å². The lowest BCUT2D eigenvalue weighted by Gasteiger charge is -2.15. The van der Waals surface area contributed by atoms with Gasteiger partial charge < -0.3 is 14.6 Å². The largest absolute Gasteiger partial charge is 0.464 e. The molecule has 1 N–H and O–H groups in total. The molecular formula is C12H18N2O2. The van der Waals surface area contributed by atoms with Crippen LogP contribution in [0.4, 0.5) is 0 Å². The van der Waals surface area contributed by atoms with E-state index in [-0.39, 0.29) is 5.91 Å². The average molecular weight is 222 g/mol. The molecule has 2 rings (SSSR count). The lowest BCUT2D eigenvalue weighted by Crippen LogP contribution is -2.35. The summed E-state index contributed by atoms with van der Waals surface area (Å²) < 4.78 is 5.43. The van der Waals surface area contributed by atoms with Gasteiger partial charge in [0.05, 0.1) is 13.1 Å². The number of nitrogens with zero attached hydrogens (tertiary/aromatic N) is 1. The summed E-state index contributed by atoms with van der Waals surface area (Å²) >= 11 is 0. The van der Waals surface area contributed by atoms with Gasteiger partial charge in [-0.1, -0.05) is 0 Å². The summed E-state index contributed by atoms with van der Waals surface area (Å²) in [6.45, 7) is 2.87. The highest BCUT2D eigenvalue weighted by atomic mass is 16.3. The first-order chi connectivity index (χ1) is 7.65. The highest BCUT2D eigenvalue weighted by molar-refractivity contribution is 5.77. The van der Waals surface area contributed by atoms with Crippen molar-refractivity contribution >= 4 is 5.91 Å². The van der Waals surface area contributed by atoms with Crippen molar-refractivity contribution in [3.05, 3.63) is 23.7 Å². The van der Waals surface area contributed by atoms with Crippen LogP contribution in [0.2, 0.25) is 0 Å². The van der Waals surface area contributed by atoms with E-state index in [2.05, 4.69) is 5.32 Å². The van der Waals surface area contributed by atoms with Crippen LogP contribution >= 0.6 is 0 Å². The number of aryl methyl sites for hydroxylation is 1. The Bertz CT molecular complexity index is 369. The van der Waals surface area contributed by atoms with Crippen LogP contribution in [0, 0.1) is 6.92 Å². The Morgan fingerprint density at radius 2 is 2.31 bits per heavy atom. The van der Waals surface area contributed by atoms with E-state index in [9.17, 15) is 4.79 Å². The summed E-state index contributed by atoms with van der Waals surface area (Å²) in [4.78, 5) is 13.4. The van der Waals surface area contributed by atoms with Crippen LogP contribution in [0.25, 0.3) is 0 Å². The number of furan rings is 1. The average Bonchev–Trinajstić information content (AvgIpc) is 2.99. The van der Waals surface area contributed by atoms with Gasteiger partial charge in [-0.05, 0) is 31.9 Å². The van der Waals surface area contributed by atoms with E-state index in [1.165, 1.54) is 12.8 Å². The first-order valence-corrected chi connectivity index (χ1v) is 5.68. The van der Waals surface area contributed by atoms with Crippen LogP contribution in [0.1, 0.15) is 24.4 Å². The van der Waals surface area contributed by atoms with Crippen molar-refractivity contribution in [3.8, 4) is 0 Å². The van der Waals surface area contributed by atoms with Crippen LogP contribution in [0.3, 0.4) is 0 Å². The van der Waals surface area contributed by atoms with Crippen molar-refractivity contribution in [1.82, 2.24) is 10.2 Å². The van der Waals surface area contributed by atoms with Gasteiger partial charge in [-0.2, -0.15) is 0 Å². The Morgan fingerprint density at radius 1 is 1.56 bits per heavy atom. The number of hydrogen-bond acceptors (Lipinski definition) is 3. The second-order valence-electron chi connectivity index (χ2n) is 4.42. The van der Waals surface area contributed by atoms with E-state index in [1.54, 1.807) is 11.9 Å². The molecule has 1 amide bonds. The number of likely N-dealkylation sites (N-methyl/N-ethyl adjacent to an activating group) is 1. The zero-order chi connectivity index (χ0) is 11.5. The fraction of sp³-hybridized carbons (Fsp3) is 0.583. The monoisotopic (exact) mass is 222 g/mol. The van der Waals surface area contributed by atoms with Gasteiger partial charge in [-0.15, -0.1) is 0 Å². The zero-order valence-electron chi connectivity index (χ0n) is 9.82. The highest BCUT2D eigenvalue weighted by Gasteiger charge is 2.22. The van der Waals surface area contributed by atoms with Crippen molar-refractivity contribution in [3.63, 3.8) is 0 Å². The van der Waals surface area contributed by atoms with E-state index in [4.69, 9.17) is 4.42 Å². The van der Waals surface area contributed by atoms with E-state index in [1.807, 2.05) is 19.1 Å². The van der Waals surface area contributed by atoms with Crippen molar-refractivity contribution in [2.45, 2.75) is 32.4 Å². The molecule has 0 unspecified atom stereocenters. The second-order valence-corrected chi connectivity index (χ2v) is 4.42. The maximum atomic E-state index is 11.7. The van der Waals surface area contributed by atoms with Crippen molar-refractivity contribution in [1.29, 1.82) is 0 Å². The Kier molecular flexibility index (Phi) is 3.29. The normalized spacial score (nSPS) is 15.1. The third-order valence-electron chi connectivity index (χ3n) is 2.73. The van der Waals surface area contributed by atoms with Gasteiger partial charge >= 0.3 is 0 Å². The molecule has 4 heteroatoms. The Hall–Kier alpha value is -1.29. The third kappa shape index (κ3) is 3.10. The topological polar surface area (TPSA) is 45.5 Å². The van der Waals surface area contributed by atoms with Crippen LogP contribution in [-0.4, -0.2) is 30.4 Å². The minimum Gasteiger partial charge on any atom is -0.464 e. The molecule has 0 aromatic carbocycles. The SMILES string of the molecule is Cc1ccc(CN(C)C(=O)CNC2CC2)o1. The Balaban J connectivity index is 1.77. The van der Waals surface area contributed by atoms with Crippen LogP contribution in [0.5, 0.6) is 0 Å². The molecule has 1 aliphatic rings. The molecule has 0 spiro atoms. The van der Waals surface area contributed by atoms with Crippen LogP contribution in [-0.2, 0) is 11.3 Å². The number of carbonyl (C=O) groups is 1. The maximum absolute atomic E-state index is 11.7. The van der Waals surface area contributed by atoms with E-state index >= 15 is 0 Å². The van der Waals surface area contributed by atoms with Crippen molar-refractivity contribution < 1.29 is 9.21 Å². The molecule has 16 heavy (non-hydrogen) atoms. The second kappa shape index (κ2) is 4.70. The Morgan fingerprint density at radius 3 is 2.88 bits per heavy atom. The number of hydrogen-bond donors (Lipinski definition) is 1. The molecule has 1 heterocycles. The molecule has 1 saturated carbocycles. The fourth-order valence-corrected chi connectivity index (χ4v) is 1.55. The fourth-order valence-electron chi connectivity index (χ4n) is 1.55. The lowest BCUT2D eigenvalue weighted by molar-refractivity contribution is -0.129. The van der Waals surface area contributed by atoms with Crippen molar-refractivity contribution in [2.75, 3.05) is 13.6 Å². The van der Waals surface area contributed by atoms with Gasteiger partial charge in [0.2, 0.25) is 5.91 Å². The molecule has 0 bridgehead atoms. The number of rotatable bonds is 5. The van der Waals surface area contributed by atoms with Crippen LogP contribution < -0.4 is 5.32 Å². The zero-order valence-corrected chi connectivity index (χ0v) is 9.82. The Labute approximate surface area is 95.6 Å². The summed E-state index contributed by atoms with van der Waals surface area (Å²) in [5.41, 5.74) is 0. The van der Waals surface area contributed by atoms with E-state index in [0.29, 0.717) is 19.1 Å². The molecule has 4 nitrogen and oxygen atoms in total. The summed E-state index contributed by atoms with van der Waals surface area (Å²) in [5.74, 6) is 1.83. The van der Waals surface area contributed by atoms with Gasteiger partial charge in [0.1, 0.15) is 11.5 Å². The predicted octanol–water partition coefficient (Wildman–Crippen LogP) is 1.30. The molecule has 0 aliphatic heterocycles. The number of nitrogens with one attached hydrogen (secondary N) is 1. The van der Waals surface area contributed by atoms with Gasteiger partial charge in [-0.25, -0.2) is 0 Å². The number of amides is 1. The molecule has 0 atom stereocenters. The standard InChI is InChI=1S/C12H18N2O2/c1-9-3-6-11(16-9)8-14(2)12(15)7-13-10-4-5-10/h3,6,10,13H,4-5,7-8H2,1-2H3. The summed E-state index contributed by atoms with van der Waals surface area (Å²) in [6, 6.07) is 4.40. The minimum absolute atomic E-state index is 0.112. The highest BCUT2D eigenvalue weighted by Crippen LogP contribution is 2.18. The summed E-state index contributed by atoms with van der Waals surface area (Å²) in [7, 11) is 1.80. The van der Waals surface area contributed by atoms with Gasteiger partial charge in [-0.3, -0.25) is 4.79 Å². The van der Waals surface area contributed by atoms with E-state index in [0.717, 1.165) is 11.5 Å². The third-order valence-corrected chi connectivity index (χ3v) is 2.73. The summed E-state index contributed by atoms with van der Waals surface area (Å²) in [5, 5.41) is 3.21. The maximum Gasteiger partial charge on any atom is 0.236 e. The molecule has 0 radical (unpaired) electrons. The molecule has 1 aliphatic carbocycles. The molecular weight excluding hydrogens is 204 g/mol. The number of carbonyl (C=O) groups excluding carboxylic acids is 1. The first kappa shape index (κ1) is 11.2. The first-order valence-electron chi connectivity index (χ1n) is 5.68. The van der Waals surface area contributed by atoms with Gasteiger partial charge in [0, 0.05) is 13.1 Å². The predicted molar refractivity (Wildman–Crippen MR) is 60.9 cm³/mol. The molecule has 0 saturated heterocycles. The quantitative estimate of drug-likeness (QED) is 0.816. The molecule has 88 valence electrons. The lowest BCUT2D eigenvalue weighted by atomic mass is 10.4. The smallest absolute Gasteiger partial charge is 0.236 e. The van der Waals surface area contributed by atoms with E-state index < -0.39 is 0 Å². The minimum atomic E-state index is 0.112. The van der Waals surface area contributed by atoms with Crippen LogP contribution in [0.15, 0.2) is 16.5 Å². The van der Waals surface area contributed by atoms with Gasteiger partial charge in [0.25, 0.3) is 0 Å². The summed E-state index contributed by atoms with van der Waals surface area (Å²) in [6.07, 6.45) is 2.41.